The van der Waals surface area contributed by atoms with E-state index in [1.807, 2.05) is 27.9 Å². The lowest BCUT2D eigenvalue weighted by atomic mass is 9.99. The third-order valence-corrected chi connectivity index (χ3v) is 2.34. The van der Waals surface area contributed by atoms with Crippen LogP contribution in [0.5, 0.6) is 0 Å². The molecule has 1 heterocycles. The number of hydrogen-bond acceptors (Lipinski definition) is 3. The van der Waals surface area contributed by atoms with Gasteiger partial charge in [0.05, 0.1) is 0 Å². The first kappa shape index (κ1) is 10.5. The fraction of sp³-hybridized carbons (Fsp3) is 0.889. The van der Waals surface area contributed by atoms with Gasteiger partial charge in [-0.2, -0.15) is 0 Å². The van der Waals surface area contributed by atoms with E-state index in [1.54, 1.807) is 0 Å². The summed E-state index contributed by atoms with van der Waals surface area (Å²) in [6, 6.07) is -0.0296. The molecule has 1 unspecified atom stereocenters. The molecule has 1 amide bonds. The summed E-state index contributed by atoms with van der Waals surface area (Å²) in [5.41, 5.74) is -0.101. The molecule has 0 saturated carbocycles. The second-order valence-electron chi connectivity index (χ2n) is 4.36. The van der Waals surface area contributed by atoms with Crippen LogP contribution in [0.25, 0.3) is 0 Å². The topological polar surface area (TPSA) is 44.4 Å². The monoisotopic (exact) mass is 185 g/mol. The first-order chi connectivity index (χ1) is 5.96. The van der Waals surface area contributed by atoms with E-state index >= 15 is 0 Å². The molecule has 0 aliphatic carbocycles. The molecular formula is C9H19N3O. The smallest absolute Gasteiger partial charge is 0.239 e. The van der Waals surface area contributed by atoms with Crippen LogP contribution in [0.3, 0.4) is 0 Å². The highest BCUT2D eigenvalue weighted by Gasteiger charge is 2.35. The van der Waals surface area contributed by atoms with E-state index in [0.29, 0.717) is 6.54 Å². The van der Waals surface area contributed by atoms with E-state index in [9.17, 15) is 4.79 Å². The van der Waals surface area contributed by atoms with Crippen LogP contribution < -0.4 is 10.6 Å². The second kappa shape index (κ2) is 3.64. The molecule has 1 atom stereocenters. The van der Waals surface area contributed by atoms with Crippen LogP contribution in [0, 0.1) is 0 Å². The average Bonchev–Trinajstić information content (AvgIpc) is 1.94. The van der Waals surface area contributed by atoms with Crippen LogP contribution in [0.4, 0.5) is 0 Å². The second-order valence-corrected chi connectivity index (χ2v) is 4.36. The van der Waals surface area contributed by atoms with Gasteiger partial charge >= 0.3 is 0 Å². The van der Waals surface area contributed by atoms with E-state index in [1.165, 1.54) is 0 Å². The number of piperazine rings is 1. The Morgan fingerprint density at radius 2 is 2.31 bits per heavy atom. The van der Waals surface area contributed by atoms with Crippen molar-refractivity contribution in [3.05, 3.63) is 0 Å². The number of rotatable bonds is 2. The molecule has 0 aromatic heterocycles. The van der Waals surface area contributed by atoms with Gasteiger partial charge in [0.1, 0.15) is 6.04 Å². The highest BCUT2D eigenvalue weighted by atomic mass is 16.2. The summed E-state index contributed by atoms with van der Waals surface area (Å²) >= 11 is 0. The Labute approximate surface area is 79.7 Å². The summed E-state index contributed by atoms with van der Waals surface area (Å²) in [5, 5.41) is 6.02. The molecule has 1 aliphatic rings. The summed E-state index contributed by atoms with van der Waals surface area (Å²) in [7, 11) is 3.85. The van der Waals surface area contributed by atoms with Gasteiger partial charge in [-0.05, 0) is 27.9 Å². The van der Waals surface area contributed by atoms with Gasteiger partial charge in [-0.3, -0.25) is 9.69 Å². The molecule has 0 radical (unpaired) electrons. The fourth-order valence-electron chi connectivity index (χ4n) is 1.83. The molecule has 0 aromatic carbocycles. The molecule has 2 N–H and O–H groups in total. The molecule has 1 aliphatic heterocycles. The zero-order valence-corrected chi connectivity index (χ0v) is 8.85. The number of hydrogen-bond donors (Lipinski definition) is 2. The van der Waals surface area contributed by atoms with Gasteiger partial charge in [0, 0.05) is 18.6 Å². The van der Waals surface area contributed by atoms with E-state index in [2.05, 4.69) is 15.5 Å². The van der Waals surface area contributed by atoms with Gasteiger partial charge in [0.15, 0.2) is 0 Å². The maximum atomic E-state index is 11.6. The Kier molecular flexibility index (Phi) is 2.93. The minimum atomic E-state index is -0.101. The number of nitrogens with one attached hydrogen (secondary N) is 2. The van der Waals surface area contributed by atoms with Crippen LogP contribution in [0.1, 0.15) is 13.8 Å². The Balaban J connectivity index is 2.65. The molecule has 1 saturated heterocycles. The SMILES string of the molecule is CNCC1C(=O)NC(C)(C)CN1C. The molecular weight excluding hydrogens is 166 g/mol. The summed E-state index contributed by atoms with van der Waals surface area (Å²) in [5.74, 6) is 0.119. The lowest BCUT2D eigenvalue weighted by molar-refractivity contribution is -0.131. The van der Waals surface area contributed by atoms with E-state index in [0.717, 1.165) is 6.54 Å². The molecule has 4 nitrogen and oxygen atoms in total. The average molecular weight is 185 g/mol. The lowest BCUT2D eigenvalue weighted by Gasteiger charge is -2.41. The molecule has 0 aromatic rings. The number of carbonyl (C=O) groups is 1. The fourth-order valence-corrected chi connectivity index (χ4v) is 1.83. The molecule has 13 heavy (non-hydrogen) atoms. The van der Waals surface area contributed by atoms with Crippen LogP contribution in [0.15, 0.2) is 0 Å². The minimum Gasteiger partial charge on any atom is -0.349 e. The Bertz CT molecular complexity index is 203. The van der Waals surface area contributed by atoms with Crippen LogP contribution in [-0.2, 0) is 4.79 Å². The predicted molar refractivity (Wildman–Crippen MR) is 52.6 cm³/mol. The van der Waals surface area contributed by atoms with Crippen molar-refractivity contribution in [2.45, 2.75) is 25.4 Å². The van der Waals surface area contributed by atoms with E-state index in [-0.39, 0.29) is 17.5 Å². The van der Waals surface area contributed by atoms with Crippen molar-refractivity contribution in [3.8, 4) is 0 Å². The normalized spacial score (nSPS) is 28.6. The van der Waals surface area contributed by atoms with Crippen molar-refractivity contribution in [2.75, 3.05) is 27.2 Å². The number of nitrogens with zero attached hydrogens (tertiary/aromatic N) is 1. The third-order valence-electron chi connectivity index (χ3n) is 2.34. The number of carbonyl (C=O) groups excluding carboxylic acids is 1. The van der Waals surface area contributed by atoms with Gasteiger partial charge in [-0.25, -0.2) is 0 Å². The standard InChI is InChI=1S/C9H19N3O/c1-9(2)6-12(4)7(5-10-3)8(13)11-9/h7,10H,5-6H2,1-4H3,(H,11,13). The lowest BCUT2D eigenvalue weighted by Crippen LogP contribution is -2.65. The Hall–Kier alpha value is -0.610. The van der Waals surface area contributed by atoms with Crippen molar-refractivity contribution < 1.29 is 4.79 Å². The molecule has 1 rings (SSSR count). The van der Waals surface area contributed by atoms with Gasteiger partial charge in [0.25, 0.3) is 0 Å². The molecule has 0 spiro atoms. The van der Waals surface area contributed by atoms with Crippen LogP contribution >= 0.6 is 0 Å². The van der Waals surface area contributed by atoms with Gasteiger partial charge in [-0.15, -0.1) is 0 Å². The maximum Gasteiger partial charge on any atom is 0.239 e. The van der Waals surface area contributed by atoms with Gasteiger partial charge in [-0.1, -0.05) is 0 Å². The zero-order chi connectivity index (χ0) is 10.1. The first-order valence-corrected chi connectivity index (χ1v) is 4.63. The van der Waals surface area contributed by atoms with Crippen molar-refractivity contribution in [2.24, 2.45) is 0 Å². The highest BCUT2D eigenvalue weighted by Crippen LogP contribution is 2.13. The largest absolute Gasteiger partial charge is 0.349 e. The van der Waals surface area contributed by atoms with Crippen molar-refractivity contribution >= 4 is 5.91 Å². The zero-order valence-electron chi connectivity index (χ0n) is 8.85. The van der Waals surface area contributed by atoms with Crippen molar-refractivity contribution in [1.82, 2.24) is 15.5 Å². The van der Waals surface area contributed by atoms with E-state index < -0.39 is 0 Å². The maximum absolute atomic E-state index is 11.6. The number of likely N-dealkylation sites (N-methyl/N-ethyl adjacent to an activating group) is 2. The summed E-state index contributed by atoms with van der Waals surface area (Å²) in [6.45, 7) is 5.68. The molecule has 1 fully saturated rings. The minimum absolute atomic E-state index is 0.0296. The van der Waals surface area contributed by atoms with Crippen LogP contribution in [0.2, 0.25) is 0 Å². The quantitative estimate of drug-likeness (QED) is 0.604. The number of amides is 1. The summed E-state index contributed by atoms with van der Waals surface area (Å²) in [6.07, 6.45) is 0. The summed E-state index contributed by atoms with van der Waals surface area (Å²) in [4.78, 5) is 13.7. The van der Waals surface area contributed by atoms with Crippen molar-refractivity contribution in [1.29, 1.82) is 0 Å². The third kappa shape index (κ3) is 2.42. The first-order valence-electron chi connectivity index (χ1n) is 4.63. The molecule has 76 valence electrons. The van der Waals surface area contributed by atoms with Crippen LogP contribution in [-0.4, -0.2) is 49.6 Å². The van der Waals surface area contributed by atoms with Gasteiger partial charge in [0.2, 0.25) is 5.91 Å². The predicted octanol–water partition coefficient (Wildman–Crippen LogP) is -0.585. The van der Waals surface area contributed by atoms with Gasteiger partial charge < -0.3 is 10.6 Å². The van der Waals surface area contributed by atoms with E-state index in [4.69, 9.17) is 0 Å². The highest BCUT2D eigenvalue weighted by molar-refractivity contribution is 5.83. The summed E-state index contributed by atoms with van der Waals surface area (Å²) < 4.78 is 0. The molecule has 4 heteroatoms. The van der Waals surface area contributed by atoms with Crippen molar-refractivity contribution in [3.63, 3.8) is 0 Å². The Morgan fingerprint density at radius 3 is 2.77 bits per heavy atom. The Morgan fingerprint density at radius 1 is 1.69 bits per heavy atom. The molecule has 0 bridgehead atoms.